The number of amides is 2. The van der Waals surface area contributed by atoms with Gasteiger partial charge in [-0.1, -0.05) is 12.1 Å². The van der Waals surface area contributed by atoms with Crippen molar-refractivity contribution in [1.82, 2.24) is 15.1 Å². The number of benzene rings is 1. The van der Waals surface area contributed by atoms with Gasteiger partial charge < -0.3 is 24.6 Å². The van der Waals surface area contributed by atoms with Crippen LogP contribution < -0.4 is 14.8 Å². The van der Waals surface area contributed by atoms with Crippen LogP contribution in [0.2, 0.25) is 0 Å². The predicted molar refractivity (Wildman–Crippen MR) is 94.8 cm³/mol. The smallest absolute Gasteiger partial charge is 0.317 e. The minimum atomic E-state index is 0.0242. The molecule has 3 heterocycles. The van der Waals surface area contributed by atoms with E-state index in [-0.39, 0.29) is 12.8 Å². The number of nitrogens with one attached hydrogen (secondary N) is 1. The third kappa shape index (κ3) is 3.84. The Balaban J connectivity index is 1.23. The Hall–Kier alpha value is -1.95. The molecule has 25 heavy (non-hydrogen) atoms. The summed E-state index contributed by atoms with van der Waals surface area (Å²) in [5.74, 6) is 2.26. The average Bonchev–Trinajstić information content (AvgIpc) is 3.32. The molecule has 0 radical (unpaired) electrons. The van der Waals surface area contributed by atoms with Crippen LogP contribution in [0.15, 0.2) is 18.2 Å². The molecular formula is C19H27N3O3. The van der Waals surface area contributed by atoms with Crippen LogP contribution in [0, 0.1) is 5.92 Å². The maximum atomic E-state index is 12.5. The Bertz CT molecular complexity index is 608. The number of ether oxygens (including phenoxy) is 2. The van der Waals surface area contributed by atoms with Crippen molar-refractivity contribution in [2.75, 3.05) is 39.5 Å². The number of carbonyl (C=O) groups excluding carboxylic acids is 1. The lowest BCUT2D eigenvalue weighted by atomic mass is 9.96. The van der Waals surface area contributed by atoms with Gasteiger partial charge in [0.05, 0.1) is 0 Å². The first-order valence-electron chi connectivity index (χ1n) is 9.42. The monoisotopic (exact) mass is 345 g/mol. The van der Waals surface area contributed by atoms with Gasteiger partial charge in [-0.3, -0.25) is 0 Å². The molecule has 1 aromatic rings. The SMILES string of the molecule is O=C(NCc1cccc2c1OCO2)N1CCC(CN2CCCC2)CC1. The lowest BCUT2D eigenvalue weighted by molar-refractivity contribution is 0.154. The van der Waals surface area contributed by atoms with Crippen molar-refractivity contribution < 1.29 is 14.3 Å². The van der Waals surface area contributed by atoms with E-state index in [4.69, 9.17) is 9.47 Å². The van der Waals surface area contributed by atoms with Gasteiger partial charge in [-0.2, -0.15) is 0 Å². The van der Waals surface area contributed by atoms with E-state index in [0.29, 0.717) is 6.54 Å². The average molecular weight is 345 g/mol. The number of rotatable bonds is 4. The van der Waals surface area contributed by atoms with Crippen LogP contribution in [0.1, 0.15) is 31.2 Å². The summed E-state index contributed by atoms with van der Waals surface area (Å²) in [6.45, 7) is 6.17. The highest BCUT2D eigenvalue weighted by molar-refractivity contribution is 5.74. The lowest BCUT2D eigenvalue weighted by Crippen LogP contribution is -2.45. The number of fused-ring (bicyclic) bond motifs is 1. The van der Waals surface area contributed by atoms with Crippen molar-refractivity contribution in [3.05, 3.63) is 23.8 Å². The van der Waals surface area contributed by atoms with E-state index < -0.39 is 0 Å². The van der Waals surface area contributed by atoms with Gasteiger partial charge in [0.1, 0.15) is 0 Å². The molecule has 6 heteroatoms. The van der Waals surface area contributed by atoms with Crippen molar-refractivity contribution in [2.24, 2.45) is 5.92 Å². The van der Waals surface area contributed by atoms with Crippen LogP contribution in [-0.4, -0.2) is 55.3 Å². The Morgan fingerprint density at radius 1 is 1.12 bits per heavy atom. The molecule has 3 aliphatic rings. The molecule has 6 nitrogen and oxygen atoms in total. The topological polar surface area (TPSA) is 54.0 Å². The number of likely N-dealkylation sites (tertiary alicyclic amines) is 2. The second kappa shape index (κ2) is 7.52. The molecule has 136 valence electrons. The Labute approximate surface area is 149 Å². The van der Waals surface area contributed by atoms with E-state index in [1.807, 2.05) is 23.1 Å². The minimum Gasteiger partial charge on any atom is -0.454 e. The zero-order valence-corrected chi connectivity index (χ0v) is 14.7. The normalized spacial score (nSPS) is 20.9. The maximum absolute atomic E-state index is 12.5. The molecule has 2 fully saturated rings. The van der Waals surface area contributed by atoms with Gasteiger partial charge in [0, 0.05) is 31.7 Å². The van der Waals surface area contributed by atoms with Crippen molar-refractivity contribution in [1.29, 1.82) is 0 Å². The summed E-state index contributed by atoms with van der Waals surface area (Å²) < 4.78 is 10.9. The van der Waals surface area contributed by atoms with Crippen molar-refractivity contribution in [3.63, 3.8) is 0 Å². The molecular weight excluding hydrogens is 318 g/mol. The first-order valence-corrected chi connectivity index (χ1v) is 9.42. The summed E-state index contributed by atoms with van der Waals surface area (Å²) in [7, 11) is 0. The number of hydrogen-bond acceptors (Lipinski definition) is 4. The fraction of sp³-hybridized carbons (Fsp3) is 0.632. The molecule has 2 amide bonds. The van der Waals surface area contributed by atoms with Crippen molar-refractivity contribution in [2.45, 2.75) is 32.2 Å². The molecule has 0 spiro atoms. The highest BCUT2D eigenvalue weighted by Crippen LogP contribution is 2.35. The van der Waals surface area contributed by atoms with Crippen LogP contribution in [0.25, 0.3) is 0 Å². The second-order valence-electron chi connectivity index (χ2n) is 7.25. The maximum Gasteiger partial charge on any atom is 0.317 e. The van der Waals surface area contributed by atoms with E-state index in [1.54, 1.807) is 0 Å². The standard InChI is InChI=1S/C19H27N3O3/c23-19(20-12-16-4-3-5-17-18(16)25-14-24-17)22-10-6-15(7-11-22)13-21-8-1-2-9-21/h3-5,15H,1-2,6-14H2,(H,20,23). The molecule has 4 rings (SSSR count). The molecule has 3 aliphatic heterocycles. The van der Waals surface area contributed by atoms with E-state index in [2.05, 4.69) is 10.2 Å². The third-order valence-electron chi connectivity index (χ3n) is 5.53. The predicted octanol–water partition coefficient (Wildman–Crippen LogP) is 2.43. The summed E-state index contributed by atoms with van der Waals surface area (Å²) >= 11 is 0. The van der Waals surface area contributed by atoms with E-state index >= 15 is 0 Å². The number of para-hydroxylation sites is 1. The summed E-state index contributed by atoms with van der Waals surface area (Å²) in [6, 6.07) is 5.81. The van der Waals surface area contributed by atoms with Crippen LogP contribution >= 0.6 is 0 Å². The number of piperidine rings is 1. The van der Waals surface area contributed by atoms with Gasteiger partial charge >= 0.3 is 6.03 Å². The largest absolute Gasteiger partial charge is 0.454 e. The third-order valence-corrected chi connectivity index (χ3v) is 5.53. The lowest BCUT2D eigenvalue weighted by Gasteiger charge is -2.33. The Morgan fingerprint density at radius 2 is 1.92 bits per heavy atom. The first-order chi connectivity index (χ1) is 12.3. The zero-order chi connectivity index (χ0) is 17.1. The molecule has 2 saturated heterocycles. The van der Waals surface area contributed by atoms with E-state index in [9.17, 15) is 4.79 Å². The first kappa shape index (κ1) is 16.5. The molecule has 0 unspecified atom stereocenters. The summed E-state index contributed by atoms with van der Waals surface area (Å²) in [5, 5.41) is 3.03. The van der Waals surface area contributed by atoms with Gasteiger partial charge in [0.15, 0.2) is 11.5 Å². The molecule has 0 aliphatic carbocycles. The highest BCUT2D eigenvalue weighted by atomic mass is 16.7. The zero-order valence-electron chi connectivity index (χ0n) is 14.7. The Kier molecular flexibility index (Phi) is 4.97. The van der Waals surface area contributed by atoms with Gasteiger partial charge in [-0.05, 0) is 50.8 Å². The van der Waals surface area contributed by atoms with Crippen LogP contribution in [-0.2, 0) is 6.54 Å². The van der Waals surface area contributed by atoms with Crippen LogP contribution in [0.5, 0.6) is 11.5 Å². The second-order valence-corrected chi connectivity index (χ2v) is 7.25. The van der Waals surface area contributed by atoms with Gasteiger partial charge in [0.2, 0.25) is 6.79 Å². The fourth-order valence-corrected chi connectivity index (χ4v) is 4.06. The number of nitrogens with zero attached hydrogens (tertiary/aromatic N) is 2. The van der Waals surface area contributed by atoms with Crippen LogP contribution in [0.4, 0.5) is 4.79 Å². The van der Waals surface area contributed by atoms with E-state index in [0.717, 1.165) is 48.9 Å². The molecule has 0 atom stereocenters. The molecule has 1 N–H and O–H groups in total. The van der Waals surface area contributed by atoms with Crippen molar-refractivity contribution >= 4 is 6.03 Å². The van der Waals surface area contributed by atoms with Gasteiger partial charge in [-0.25, -0.2) is 4.79 Å². The summed E-state index contributed by atoms with van der Waals surface area (Å²) in [5.41, 5.74) is 0.965. The molecule has 0 saturated carbocycles. The van der Waals surface area contributed by atoms with E-state index in [1.165, 1.54) is 32.5 Å². The van der Waals surface area contributed by atoms with Gasteiger partial charge in [-0.15, -0.1) is 0 Å². The fourth-order valence-electron chi connectivity index (χ4n) is 4.06. The molecule has 1 aromatic carbocycles. The van der Waals surface area contributed by atoms with Crippen molar-refractivity contribution in [3.8, 4) is 11.5 Å². The summed E-state index contributed by atoms with van der Waals surface area (Å²) in [6.07, 6.45) is 4.92. The number of carbonyl (C=O) groups is 1. The van der Waals surface area contributed by atoms with Crippen LogP contribution in [0.3, 0.4) is 0 Å². The highest BCUT2D eigenvalue weighted by Gasteiger charge is 2.25. The summed E-state index contributed by atoms with van der Waals surface area (Å²) in [4.78, 5) is 17.0. The molecule has 0 aromatic heterocycles. The van der Waals surface area contributed by atoms with Gasteiger partial charge in [0.25, 0.3) is 0 Å². The molecule has 0 bridgehead atoms. The minimum absolute atomic E-state index is 0.0242. The quantitative estimate of drug-likeness (QED) is 0.911. The number of hydrogen-bond donors (Lipinski definition) is 1. The number of urea groups is 1. The Morgan fingerprint density at radius 3 is 2.72 bits per heavy atom.